The Kier molecular flexibility index (Phi) is 2.87. The minimum atomic E-state index is 1.00. The third-order valence-corrected chi connectivity index (χ3v) is 3.44. The molecule has 15 heavy (non-hydrogen) atoms. The molecule has 1 heterocycles. The van der Waals surface area contributed by atoms with E-state index in [0.29, 0.717) is 0 Å². The molecule has 1 aromatic carbocycles. The van der Waals surface area contributed by atoms with E-state index in [1.54, 1.807) is 0 Å². The van der Waals surface area contributed by atoms with Gasteiger partial charge in [-0.25, -0.2) is 0 Å². The van der Waals surface area contributed by atoms with Gasteiger partial charge < -0.3 is 4.90 Å². The van der Waals surface area contributed by atoms with Crippen molar-refractivity contribution in [3.05, 3.63) is 47.5 Å². The zero-order chi connectivity index (χ0) is 10.8. The molecule has 1 aliphatic heterocycles. The van der Waals surface area contributed by atoms with Crippen LogP contribution in [-0.2, 0) is 0 Å². The summed E-state index contributed by atoms with van der Waals surface area (Å²) in [5, 5.41) is 1.28. The standard InChI is InChI=1S/C13H15NS/c1-4-14-11-7-5-6-8-12(11)15-13(14)9-10(2)3/h5-9H,2,4H2,1,3H3/b13-9+. The van der Waals surface area contributed by atoms with Crippen LogP contribution in [0.1, 0.15) is 13.8 Å². The molecule has 78 valence electrons. The van der Waals surface area contributed by atoms with Crippen LogP contribution in [0.25, 0.3) is 0 Å². The highest BCUT2D eigenvalue weighted by Crippen LogP contribution is 2.45. The molecular formula is C13H15NS. The molecule has 0 spiro atoms. The lowest BCUT2D eigenvalue weighted by Gasteiger charge is -2.17. The maximum Gasteiger partial charge on any atom is 0.0803 e. The van der Waals surface area contributed by atoms with E-state index in [1.165, 1.54) is 15.6 Å². The van der Waals surface area contributed by atoms with E-state index in [9.17, 15) is 0 Å². The number of para-hydroxylation sites is 1. The van der Waals surface area contributed by atoms with E-state index in [4.69, 9.17) is 0 Å². The fourth-order valence-corrected chi connectivity index (χ4v) is 2.95. The van der Waals surface area contributed by atoms with Crippen LogP contribution in [0.5, 0.6) is 0 Å². The van der Waals surface area contributed by atoms with Crippen LogP contribution < -0.4 is 4.90 Å². The molecule has 2 heteroatoms. The third-order valence-electron chi connectivity index (χ3n) is 2.32. The van der Waals surface area contributed by atoms with Crippen LogP contribution in [-0.4, -0.2) is 6.54 Å². The van der Waals surface area contributed by atoms with Crippen molar-refractivity contribution in [3.63, 3.8) is 0 Å². The van der Waals surface area contributed by atoms with Gasteiger partial charge in [-0.2, -0.15) is 0 Å². The molecule has 0 radical (unpaired) electrons. The lowest BCUT2D eigenvalue weighted by atomic mass is 10.3. The first-order valence-corrected chi connectivity index (χ1v) is 5.95. The molecule has 1 nitrogen and oxygen atoms in total. The topological polar surface area (TPSA) is 3.24 Å². The number of nitrogens with zero attached hydrogens (tertiary/aromatic N) is 1. The molecule has 0 aromatic heterocycles. The second-order valence-electron chi connectivity index (χ2n) is 3.64. The van der Waals surface area contributed by atoms with Gasteiger partial charge in [0, 0.05) is 11.4 Å². The van der Waals surface area contributed by atoms with Gasteiger partial charge >= 0.3 is 0 Å². The summed E-state index contributed by atoms with van der Waals surface area (Å²) in [5.41, 5.74) is 2.42. The largest absolute Gasteiger partial charge is 0.335 e. The summed E-state index contributed by atoms with van der Waals surface area (Å²) < 4.78 is 0. The lowest BCUT2D eigenvalue weighted by molar-refractivity contribution is 1.00. The van der Waals surface area contributed by atoms with Crippen molar-refractivity contribution in [2.75, 3.05) is 11.4 Å². The minimum Gasteiger partial charge on any atom is -0.335 e. The van der Waals surface area contributed by atoms with Gasteiger partial charge in [0.05, 0.1) is 10.7 Å². The van der Waals surface area contributed by atoms with E-state index >= 15 is 0 Å². The van der Waals surface area contributed by atoms with Crippen LogP contribution in [0.3, 0.4) is 0 Å². The van der Waals surface area contributed by atoms with Gasteiger partial charge in [-0.15, -0.1) is 0 Å². The summed E-state index contributed by atoms with van der Waals surface area (Å²) in [5.74, 6) is 0. The number of rotatable bonds is 2. The van der Waals surface area contributed by atoms with Crippen molar-refractivity contribution in [1.29, 1.82) is 0 Å². The Bertz CT molecular complexity index is 420. The zero-order valence-corrected chi connectivity index (χ0v) is 9.97. The molecule has 0 unspecified atom stereocenters. The fourth-order valence-electron chi connectivity index (χ4n) is 1.70. The third kappa shape index (κ3) is 1.95. The highest BCUT2D eigenvalue weighted by atomic mass is 32.2. The molecule has 1 aromatic rings. The highest BCUT2D eigenvalue weighted by Gasteiger charge is 2.22. The first kappa shape index (κ1) is 10.4. The average Bonchev–Trinajstić information content (AvgIpc) is 2.53. The Morgan fingerprint density at radius 3 is 2.87 bits per heavy atom. The Morgan fingerprint density at radius 2 is 2.20 bits per heavy atom. The first-order chi connectivity index (χ1) is 7.22. The Hall–Kier alpha value is -1.15. The van der Waals surface area contributed by atoms with Gasteiger partial charge in [0.2, 0.25) is 0 Å². The number of thioether (sulfide) groups is 1. The molecule has 0 bridgehead atoms. The molecule has 0 amide bonds. The van der Waals surface area contributed by atoms with Crippen molar-refractivity contribution >= 4 is 17.4 Å². The number of anilines is 1. The Balaban J connectivity index is 2.41. The highest BCUT2D eigenvalue weighted by molar-refractivity contribution is 8.03. The SMILES string of the molecule is C=C(C)/C=C1/Sc2ccccc2N1CC. The Morgan fingerprint density at radius 1 is 1.47 bits per heavy atom. The quantitative estimate of drug-likeness (QED) is 0.735. The van der Waals surface area contributed by atoms with Crippen LogP contribution >= 0.6 is 11.8 Å². The number of allylic oxidation sites excluding steroid dienone is 2. The van der Waals surface area contributed by atoms with Crippen molar-refractivity contribution in [2.45, 2.75) is 18.7 Å². The molecule has 0 N–H and O–H groups in total. The van der Waals surface area contributed by atoms with Crippen LogP contribution in [0.2, 0.25) is 0 Å². The molecule has 0 saturated carbocycles. The van der Waals surface area contributed by atoms with Gasteiger partial charge in [0.25, 0.3) is 0 Å². The summed E-state index contributed by atoms with van der Waals surface area (Å²) in [7, 11) is 0. The zero-order valence-electron chi connectivity index (χ0n) is 9.16. The molecule has 0 fully saturated rings. The van der Waals surface area contributed by atoms with Crippen molar-refractivity contribution in [1.82, 2.24) is 0 Å². The summed E-state index contributed by atoms with van der Waals surface area (Å²) in [6.45, 7) is 9.14. The van der Waals surface area contributed by atoms with Gasteiger partial charge in [-0.3, -0.25) is 0 Å². The molecule has 0 aliphatic carbocycles. The maximum absolute atomic E-state index is 3.93. The number of hydrogen-bond donors (Lipinski definition) is 0. The Labute approximate surface area is 95.5 Å². The van der Waals surface area contributed by atoms with Crippen molar-refractivity contribution in [2.24, 2.45) is 0 Å². The number of fused-ring (bicyclic) bond motifs is 1. The normalized spacial score (nSPS) is 16.9. The smallest absolute Gasteiger partial charge is 0.0803 e. The van der Waals surface area contributed by atoms with Gasteiger partial charge in [-0.05, 0) is 32.1 Å². The molecule has 2 rings (SSSR count). The van der Waals surface area contributed by atoms with E-state index in [-0.39, 0.29) is 0 Å². The van der Waals surface area contributed by atoms with Crippen molar-refractivity contribution < 1.29 is 0 Å². The number of hydrogen-bond acceptors (Lipinski definition) is 2. The molecule has 0 saturated heterocycles. The van der Waals surface area contributed by atoms with Crippen LogP contribution in [0, 0.1) is 0 Å². The van der Waals surface area contributed by atoms with Gasteiger partial charge in [0.15, 0.2) is 0 Å². The second kappa shape index (κ2) is 4.15. The van der Waals surface area contributed by atoms with E-state index in [1.807, 2.05) is 18.7 Å². The second-order valence-corrected chi connectivity index (χ2v) is 4.71. The van der Waals surface area contributed by atoms with E-state index in [2.05, 4.69) is 48.7 Å². The fraction of sp³-hybridized carbons (Fsp3) is 0.231. The van der Waals surface area contributed by atoms with E-state index < -0.39 is 0 Å². The van der Waals surface area contributed by atoms with E-state index in [0.717, 1.165) is 12.1 Å². The summed E-state index contributed by atoms with van der Waals surface area (Å²) in [4.78, 5) is 3.67. The number of benzene rings is 1. The lowest BCUT2D eigenvalue weighted by Crippen LogP contribution is -2.16. The average molecular weight is 217 g/mol. The summed E-state index contributed by atoms with van der Waals surface area (Å²) in [6, 6.07) is 8.52. The van der Waals surface area contributed by atoms with Gasteiger partial charge in [0.1, 0.15) is 0 Å². The van der Waals surface area contributed by atoms with Gasteiger partial charge in [-0.1, -0.05) is 36.0 Å². The molecule has 0 atom stereocenters. The minimum absolute atomic E-state index is 1.00. The monoisotopic (exact) mass is 217 g/mol. The predicted octanol–water partition coefficient (Wildman–Crippen LogP) is 4.04. The summed E-state index contributed by atoms with van der Waals surface area (Å²) in [6.07, 6.45) is 2.15. The van der Waals surface area contributed by atoms with Crippen LogP contribution in [0.15, 0.2) is 52.4 Å². The van der Waals surface area contributed by atoms with Crippen LogP contribution in [0.4, 0.5) is 5.69 Å². The summed E-state index contributed by atoms with van der Waals surface area (Å²) >= 11 is 1.82. The maximum atomic E-state index is 3.93. The molecule has 1 aliphatic rings. The van der Waals surface area contributed by atoms with Crippen molar-refractivity contribution in [3.8, 4) is 0 Å². The molecular weight excluding hydrogens is 202 g/mol. The first-order valence-electron chi connectivity index (χ1n) is 5.14. The predicted molar refractivity (Wildman–Crippen MR) is 68.2 cm³/mol.